The van der Waals surface area contributed by atoms with Crippen molar-refractivity contribution in [3.8, 4) is 11.8 Å². The van der Waals surface area contributed by atoms with Gasteiger partial charge in [0.05, 0.1) is 24.5 Å². The van der Waals surface area contributed by atoms with Crippen molar-refractivity contribution in [2.75, 3.05) is 19.4 Å². The monoisotopic (exact) mass is 384 g/mol. The highest BCUT2D eigenvalue weighted by atomic mass is 32.2. The number of rotatable bonds is 7. The highest BCUT2D eigenvalue weighted by Gasteiger charge is 2.44. The van der Waals surface area contributed by atoms with Crippen LogP contribution in [0.3, 0.4) is 0 Å². The summed E-state index contributed by atoms with van der Waals surface area (Å²) in [6, 6.07) is 7.90. The molecule has 0 amide bonds. The fraction of sp³-hybridized carbons (Fsp3) is 0.500. The summed E-state index contributed by atoms with van der Waals surface area (Å²) in [6.07, 6.45) is -6.31. The van der Waals surface area contributed by atoms with Gasteiger partial charge in [0.2, 0.25) is 6.29 Å². The minimum atomic E-state index is -1.46. The fourth-order valence-corrected chi connectivity index (χ4v) is 2.78. The quantitative estimate of drug-likeness (QED) is 0.274. The summed E-state index contributed by atoms with van der Waals surface area (Å²) in [6.45, 7) is 0.137. The number of benzene rings is 1. The van der Waals surface area contributed by atoms with E-state index in [2.05, 4.69) is 9.46 Å². The summed E-state index contributed by atoms with van der Waals surface area (Å²) >= 11 is 1.13. The zero-order valence-corrected chi connectivity index (χ0v) is 14.8. The van der Waals surface area contributed by atoms with Gasteiger partial charge in [-0.2, -0.15) is 5.26 Å². The number of carbonyl (C=O) groups excluding carboxylic acids is 1. The number of esters is 1. The van der Waals surface area contributed by atoms with E-state index in [-0.39, 0.29) is 12.3 Å². The molecule has 1 aliphatic rings. The van der Waals surface area contributed by atoms with Crippen LogP contribution in [-0.2, 0) is 9.47 Å². The largest absolute Gasteiger partial charge is 0.465 e. The molecule has 142 valence electrons. The molecule has 4 N–H and O–H groups in total. The predicted molar refractivity (Wildman–Crippen MR) is 91.2 cm³/mol. The normalized spacial score (nSPS) is 28.2. The standard InChI is InChI=1S/C16H20N2O7S/c1-23-15(22)9-2-4-10(5-3-9)24-16-14(21)13(20)12(19)11(25-16)8-18-26-7-6-17/h2-5,11-14,16,18-21H,7-8H2,1H3/t11?,12-,13?,14?,16+/m1/s1. The maximum Gasteiger partial charge on any atom is 0.337 e. The number of nitrogens with one attached hydrogen (secondary N) is 1. The SMILES string of the molecule is COC(=O)c1ccc(O[C@H]2OC(CNSCC#N)[C@@H](O)C(O)C2O)cc1. The maximum atomic E-state index is 11.4. The summed E-state index contributed by atoms with van der Waals surface area (Å²) in [4.78, 5) is 11.4. The van der Waals surface area contributed by atoms with Crippen molar-refractivity contribution in [2.45, 2.75) is 30.7 Å². The molecule has 1 aromatic carbocycles. The van der Waals surface area contributed by atoms with Crippen LogP contribution in [0, 0.1) is 11.3 Å². The number of aliphatic hydroxyl groups is 3. The molecule has 0 saturated carbocycles. The number of methoxy groups -OCH3 is 1. The molecule has 1 fully saturated rings. The van der Waals surface area contributed by atoms with Gasteiger partial charge in [0, 0.05) is 6.54 Å². The van der Waals surface area contributed by atoms with Crippen LogP contribution in [-0.4, -0.2) is 71.4 Å². The summed E-state index contributed by atoms with van der Waals surface area (Å²) in [7, 11) is 1.27. The first-order chi connectivity index (χ1) is 12.5. The second-order valence-electron chi connectivity index (χ2n) is 5.44. The third-order valence-corrected chi connectivity index (χ3v) is 4.36. The van der Waals surface area contributed by atoms with Crippen LogP contribution in [0.5, 0.6) is 5.75 Å². The van der Waals surface area contributed by atoms with Crippen molar-refractivity contribution in [1.29, 1.82) is 5.26 Å². The molecule has 0 aromatic heterocycles. The first kappa shape index (κ1) is 20.4. The van der Waals surface area contributed by atoms with E-state index in [1.807, 2.05) is 6.07 Å². The lowest BCUT2D eigenvalue weighted by Crippen LogP contribution is -2.60. The van der Waals surface area contributed by atoms with Gasteiger partial charge in [-0.3, -0.25) is 4.72 Å². The van der Waals surface area contributed by atoms with Crippen LogP contribution in [0.15, 0.2) is 24.3 Å². The van der Waals surface area contributed by atoms with Crippen LogP contribution < -0.4 is 9.46 Å². The van der Waals surface area contributed by atoms with Crippen LogP contribution in [0.4, 0.5) is 0 Å². The van der Waals surface area contributed by atoms with Gasteiger partial charge in [-0.05, 0) is 24.3 Å². The van der Waals surface area contributed by atoms with Crippen molar-refractivity contribution in [3.05, 3.63) is 29.8 Å². The van der Waals surface area contributed by atoms with Gasteiger partial charge in [0.25, 0.3) is 0 Å². The second kappa shape index (κ2) is 9.72. The van der Waals surface area contributed by atoms with E-state index in [0.29, 0.717) is 11.3 Å². The van der Waals surface area contributed by atoms with Crippen molar-refractivity contribution >= 4 is 17.9 Å². The van der Waals surface area contributed by atoms with Gasteiger partial charge in [-0.1, -0.05) is 11.9 Å². The molecule has 5 atom stereocenters. The lowest BCUT2D eigenvalue weighted by atomic mass is 9.99. The van der Waals surface area contributed by atoms with E-state index in [1.54, 1.807) is 0 Å². The zero-order chi connectivity index (χ0) is 19.1. The Morgan fingerprint density at radius 2 is 1.96 bits per heavy atom. The van der Waals surface area contributed by atoms with E-state index in [1.165, 1.54) is 31.4 Å². The molecule has 10 heteroatoms. The fourth-order valence-electron chi connectivity index (χ4n) is 2.33. The summed E-state index contributed by atoms with van der Waals surface area (Å²) in [5.41, 5.74) is 0.331. The van der Waals surface area contributed by atoms with E-state index in [0.717, 1.165) is 11.9 Å². The Bertz CT molecular complexity index is 636. The van der Waals surface area contributed by atoms with E-state index >= 15 is 0 Å². The van der Waals surface area contributed by atoms with Crippen LogP contribution in [0.2, 0.25) is 0 Å². The smallest absolute Gasteiger partial charge is 0.337 e. The molecule has 1 aliphatic heterocycles. The number of nitrogens with zero attached hydrogens (tertiary/aromatic N) is 1. The number of nitriles is 1. The average molecular weight is 384 g/mol. The molecule has 1 heterocycles. The first-order valence-corrected chi connectivity index (χ1v) is 8.72. The van der Waals surface area contributed by atoms with Crippen molar-refractivity contribution in [3.63, 3.8) is 0 Å². The minimum absolute atomic E-state index is 0.137. The summed E-state index contributed by atoms with van der Waals surface area (Å²) in [5, 5.41) is 38.6. The predicted octanol–water partition coefficient (Wildman–Crippen LogP) is -0.579. The number of ether oxygens (including phenoxy) is 3. The molecular formula is C16H20N2O7S. The Morgan fingerprint density at radius 3 is 2.58 bits per heavy atom. The van der Waals surface area contributed by atoms with Crippen molar-refractivity contribution < 1.29 is 34.3 Å². The molecule has 2 rings (SSSR count). The molecular weight excluding hydrogens is 364 g/mol. The molecule has 0 radical (unpaired) electrons. The van der Waals surface area contributed by atoms with Gasteiger partial charge >= 0.3 is 5.97 Å². The van der Waals surface area contributed by atoms with Crippen molar-refractivity contribution in [1.82, 2.24) is 4.72 Å². The third-order valence-electron chi connectivity index (χ3n) is 3.72. The third kappa shape index (κ3) is 5.07. The van der Waals surface area contributed by atoms with Gasteiger partial charge in [-0.25, -0.2) is 4.79 Å². The second-order valence-corrected chi connectivity index (χ2v) is 6.31. The maximum absolute atomic E-state index is 11.4. The molecule has 26 heavy (non-hydrogen) atoms. The van der Waals surface area contributed by atoms with E-state index < -0.39 is 36.7 Å². The molecule has 1 saturated heterocycles. The Balaban J connectivity index is 2.00. The van der Waals surface area contributed by atoms with Gasteiger partial charge in [0.1, 0.15) is 30.2 Å². The summed E-state index contributed by atoms with van der Waals surface area (Å²) < 4.78 is 18.5. The van der Waals surface area contributed by atoms with E-state index in [4.69, 9.17) is 14.7 Å². The Morgan fingerprint density at radius 1 is 1.27 bits per heavy atom. The Labute approximate surface area is 154 Å². The van der Waals surface area contributed by atoms with Gasteiger partial charge < -0.3 is 29.5 Å². The zero-order valence-electron chi connectivity index (χ0n) is 13.9. The number of carbonyl (C=O) groups is 1. The molecule has 0 aliphatic carbocycles. The topological polar surface area (TPSA) is 141 Å². The van der Waals surface area contributed by atoms with Crippen LogP contribution >= 0.6 is 11.9 Å². The number of hydrogen-bond donors (Lipinski definition) is 4. The number of aliphatic hydroxyl groups excluding tert-OH is 3. The van der Waals surface area contributed by atoms with Crippen molar-refractivity contribution in [2.24, 2.45) is 0 Å². The first-order valence-electron chi connectivity index (χ1n) is 7.74. The lowest BCUT2D eigenvalue weighted by Gasteiger charge is -2.40. The Hall–Kier alpha value is -1.87. The van der Waals surface area contributed by atoms with E-state index in [9.17, 15) is 20.1 Å². The van der Waals surface area contributed by atoms with Gasteiger partial charge in [0.15, 0.2) is 0 Å². The number of hydrogen-bond acceptors (Lipinski definition) is 10. The van der Waals surface area contributed by atoms with Gasteiger partial charge in [-0.15, -0.1) is 0 Å². The lowest BCUT2D eigenvalue weighted by molar-refractivity contribution is -0.270. The molecule has 0 bridgehead atoms. The Kier molecular flexibility index (Phi) is 7.65. The van der Waals surface area contributed by atoms with Crippen LogP contribution in [0.1, 0.15) is 10.4 Å². The average Bonchev–Trinajstić information content (AvgIpc) is 2.66. The highest BCUT2D eigenvalue weighted by molar-refractivity contribution is 7.97. The molecule has 1 aromatic rings. The van der Waals surface area contributed by atoms with Crippen LogP contribution in [0.25, 0.3) is 0 Å². The molecule has 3 unspecified atom stereocenters. The highest BCUT2D eigenvalue weighted by Crippen LogP contribution is 2.24. The minimum Gasteiger partial charge on any atom is -0.465 e. The summed E-state index contributed by atoms with van der Waals surface area (Å²) in [5.74, 6) is 0.0152. The molecule has 9 nitrogen and oxygen atoms in total. The molecule has 0 spiro atoms.